The van der Waals surface area contributed by atoms with E-state index in [1.165, 1.54) is 0 Å². The van der Waals surface area contributed by atoms with Gasteiger partial charge in [-0.15, -0.1) is 11.4 Å². The Bertz CT molecular complexity index is 795. The molecule has 0 amide bonds. The molecular formula is C19H21BrN4O3. The Morgan fingerprint density at radius 1 is 1.48 bits per heavy atom. The number of hydrogen-bond acceptors (Lipinski definition) is 7. The number of rotatable bonds is 5. The van der Waals surface area contributed by atoms with Gasteiger partial charge in [-0.05, 0) is 30.4 Å². The fraction of sp³-hybridized carbons (Fsp3) is 0.368. The van der Waals surface area contributed by atoms with Crippen LogP contribution in [0.5, 0.6) is 0 Å². The first kappa shape index (κ1) is 19.7. The maximum Gasteiger partial charge on any atom is 0.184 e. The molecule has 0 aliphatic carbocycles. The predicted molar refractivity (Wildman–Crippen MR) is 109 cm³/mol. The fourth-order valence-corrected chi connectivity index (χ4v) is 3.07. The lowest BCUT2D eigenvalue weighted by atomic mass is 10.0. The molecule has 2 heterocycles. The minimum atomic E-state index is -0.444. The molecule has 27 heavy (non-hydrogen) atoms. The molecular weight excluding hydrogens is 412 g/mol. The molecule has 2 aliphatic heterocycles. The van der Waals surface area contributed by atoms with Crippen molar-refractivity contribution in [1.82, 2.24) is 5.06 Å². The van der Waals surface area contributed by atoms with Crippen LogP contribution < -0.4 is 5.32 Å². The zero-order valence-electron chi connectivity index (χ0n) is 15.0. The fourth-order valence-electron chi connectivity index (χ4n) is 2.71. The minimum Gasteiger partial charge on any atom is -0.379 e. The molecule has 1 saturated heterocycles. The van der Waals surface area contributed by atoms with Crippen LogP contribution in [-0.2, 0) is 14.6 Å². The Labute approximate surface area is 167 Å². The predicted octanol–water partition coefficient (Wildman–Crippen LogP) is 2.45. The maximum absolute atomic E-state index is 5.58. The summed E-state index contributed by atoms with van der Waals surface area (Å²) in [6.45, 7) is 2.92. The normalized spacial score (nSPS) is 21.1. The number of nitrogens with zero attached hydrogens (tertiary/aromatic N) is 3. The third-order valence-corrected chi connectivity index (χ3v) is 4.52. The Balaban J connectivity index is 1.82. The number of terminal acetylenes is 1. The number of hydrogen-bond donors (Lipinski definition) is 1. The first-order chi connectivity index (χ1) is 13.2. The number of ether oxygens (including phenoxy) is 1. The molecule has 3 rings (SSSR count). The van der Waals surface area contributed by atoms with Gasteiger partial charge in [-0.25, -0.2) is 0 Å². The smallest absolute Gasteiger partial charge is 0.184 e. The number of benzene rings is 1. The number of hydroxylamine groups is 2. The number of benzodiazepines with no additional fused rings is 1. The van der Waals surface area contributed by atoms with Crippen LogP contribution in [0.4, 0.5) is 5.69 Å². The standard InChI is InChI=1S/C19H21BrN4O3/c1-3-4-5-17(21-2)19-15-12-14(20)6-7-16(15)23-18(13-22-19)26-27-24-8-10-25-11-9-24/h1,4-7,12,18,23H,8-11,13H2,2H3/b5-4-,21-17?. The van der Waals surface area contributed by atoms with Crippen LogP contribution in [0.1, 0.15) is 5.56 Å². The second kappa shape index (κ2) is 9.78. The average Bonchev–Trinajstić information content (AvgIpc) is 2.87. The summed E-state index contributed by atoms with van der Waals surface area (Å²) in [5.74, 6) is 2.49. The highest BCUT2D eigenvalue weighted by Crippen LogP contribution is 2.26. The van der Waals surface area contributed by atoms with E-state index in [0.29, 0.717) is 38.6 Å². The summed E-state index contributed by atoms with van der Waals surface area (Å²) in [4.78, 5) is 20.1. The second-order valence-electron chi connectivity index (χ2n) is 5.83. The van der Waals surface area contributed by atoms with Gasteiger partial charge in [0, 0.05) is 22.8 Å². The summed E-state index contributed by atoms with van der Waals surface area (Å²) < 4.78 is 6.24. The number of anilines is 1. The van der Waals surface area contributed by atoms with Gasteiger partial charge >= 0.3 is 0 Å². The van der Waals surface area contributed by atoms with Crippen LogP contribution in [0, 0.1) is 12.3 Å². The Kier molecular flexibility index (Phi) is 7.15. The van der Waals surface area contributed by atoms with Crippen molar-refractivity contribution in [3.8, 4) is 12.3 Å². The number of nitrogens with one attached hydrogen (secondary N) is 1. The van der Waals surface area contributed by atoms with E-state index in [9.17, 15) is 0 Å². The molecule has 2 aliphatic rings. The van der Waals surface area contributed by atoms with E-state index in [4.69, 9.17) is 26.0 Å². The summed E-state index contributed by atoms with van der Waals surface area (Å²) >= 11 is 3.52. The monoisotopic (exact) mass is 432 g/mol. The number of aliphatic imine (C=N–C) groups is 2. The first-order valence-electron chi connectivity index (χ1n) is 8.58. The summed E-state index contributed by atoms with van der Waals surface area (Å²) in [6, 6.07) is 5.90. The highest BCUT2D eigenvalue weighted by Gasteiger charge is 2.23. The van der Waals surface area contributed by atoms with Crippen LogP contribution in [0.25, 0.3) is 0 Å². The highest BCUT2D eigenvalue weighted by molar-refractivity contribution is 9.10. The van der Waals surface area contributed by atoms with Crippen molar-refractivity contribution in [2.75, 3.05) is 45.2 Å². The molecule has 1 aromatic rings. The van der Waals surface area contributed by atoms with Crippen LogP contribution in [0.15, 0.2) is 44.8 Å². The molecule has 0 aromatic heterocycles. The third kappa shape index (κ3) is 5.25. The molecule has 0 radical (unpaired) electrons. The second-order valence-corrected chi connectivity index (χ2v) is 6.75. The summed E-state index contributed by atoms with van der Waals surface area (Å²) in [5, 5.41) is 5.07. The van der Waals surface area contributed by atoms with Crippen molar-refractivity contribution in [2.24, 2.45) is 9.98 Å². The van der Waals surface area contributed by atoms with E-state index in [1.54, 1.807) is 24.3 Å². The molecule has 142 valence electrons. The van der Waals surface area contributed by atoms with Crippen LogP contribution in [0.2, 0.25) is 0 Å². The molecule has 1 fully saturated rings. The highest BCUT2D eigenvalue weighted by atomic mass is 79.9. The van der Waals surface area contributed by atoms with Crippen molar-refractivity contribution in [1.29, 1.82) is 0 Å². The van der Waals surface area contributed by atoms with Gasteiger partial charge in [-0.1, -0.05) is 21.9 Å². The Morgan fingerprint density at radius 3 is 3.04 bits per heavy atom. The molecule has 1 N–H and O–H groups in total. The maximum atomic E-state index is 5.58. The third-order valence-electron chi connectivity index (χ3n) is 4.02. The van der Waals surface area contributed by atoms with E-state index in [1.807, 2.05) is 18.2 Å². The number of allylic oxidation sites excluding steroid dienone is 2. The van der Waals surface area contributed by atoms with E-state index in [0.717, 1.165) is 21.4 Å². The van der Waals surface area contributed by atoms with Gasteiger partial charge < -0.3 is 10.1 Å². The van der Waals surface area contributed by atoms with Crippen LogP contribution in [0.3, 0.4) is 0 Å². The van der Waals surface area contributed by atoms with E-state index in [2.05, 4.69) is 32.2 Å². The van der Waals surface area contributed by atoms with Crippen LogP contribution >= 0.6 is 15.9 Å². The van der Waals surface area contributed by atoms with Gasteiger partial charge in [0.15, 0.2) is 6.23 Å². The molecule has 0 spiro atoms. The average molecular weight is 433 g/mol. The van der Waals surface area contributed by atoms with Crippen LogP contribution in [-0.4, -0.2) is 62.6 Å². The van der Waals surface area contributed by atoms with E-state index >= 15 is 0 Å². The summed E-state index contributed by atoms with van der Waals surface area (Å²) in [6.07, 6.45) is 8.28. The molecule has 0 saturated carbocycles. The van der Waals surface area contributed by atoms with Gasteiger partial charge in [-0.3, -0.25) is 9.98 Å². The van der Waals surface area contributed by atoms with Gasteiger partial charge in [0.05, 0.1) is 44.3 Å². The largest absolute Gasteiger partial charge is 0.379 e. The van der Waals surface area contributed by atoms with Gasteiger partial charge in [0.2, 0.25) is 0 Å². The van der Waals surface area contributed by atoms with E-state index < -0.39 is 6.23 Å². The zero-order chi connectivity index (χ0) is 19.1. The van der Waals surface area contributed by atoms with Crippen molar-refractivity contribution in [3.63, 3.8) is 0 Å². The first-order valence-corrected chi connectivity index (χ1v) is 9.37. The molecule has 1 atom stereocenters. The molecule has 0 bridgehead atoms. The van der Waals surface area contributed by atoms with Gasteiger partial charge in [-0.2, -0.15) is 9.95 Å². The Hall–Kier alpha value is -2.02. The number of morpholine rings is 1. The number of halogens is 1. The quantitative estimate of drug-likeness (QED) is 0.335. The van der Waals surface area contributed by atoms with Gasteiger partial charge in [0.25, 0.3) is 0 Å². The minimum absolute atomic E-state index is 0.356. The van der Waals surface area contributed by atoms with Crippen molar-refractivity contribution < 1.29 is 14.6 Å². The van der Waals surface area contributed by atoms with E-state index in [-0.39, 0.29) is 0 Å². The molecule has 1 aromatic carbocycles. The Morgan fingerprint density at radius 2 is 2.30 bits per heavy atom. The SMILES string of the molecule is C#C/C=C\C(=NC)C1=NCC(OON2CCOCC2)Nc2ccc(Br)cc21. The molecule has 8 heteroatoms. The lowest BCUT2D eigenvalue weighted by Gasteiger charge is -2.26. The lowest BCUT2D eigenvalue weighted by Crippen LogP contribution is -2.39. The lowest BCUT2D eigenvalue weighted by molar-refractivity contribution is -0.446. The zero-order valence-corrected chi connectivity index (χ0v) is 16.6. The molecule has 7 nitrogen and oxygen atoms in total. The topological polar surface area (TPSA) is 67.7 Å². The summed E-state index contributed by atoms with van der Waals surface area (Å²) in [5.41, 5.74) is 3.22. The van der Waals surface area contributed by atoms with Crippen molar-refractivity contribution in [2.45, 2.75) is 6.23 Å². The van der Waals surface area contributed by atoms with Crippen molar-refractivity contribution in [3.05, 3.63) is 40.4 Å². The molecule has 1 unspecified atom stereocenters. The van der Waals surface area contributed by atoms with Crippen molar-refractivity contribution >= 4 is 33.0 Å². The summed E-state index contributed by atoms with van der Waals surface area (Å²) in [7, 11) is 1.71. The number of fused-ring (bicyclic) bond motifs is 1. The van der Waals surface area contributed by atoms with Gasteiger partial charge in [0.1, 0.15) is 0 Å².